The van der Waals surface area contributed by atoms with E-state index in [1.54, 1.807) is 0 Å². The Morgan fingerprint density at radius 2 is 1.00 bits per heavy atom. The maximum absolute atomic E-state index is 2.42. The van der Waals surface area contributed by atoms with Crippen LogP contribution >= 0.6 is 0 Å². The summed E-state index contributed by atoms with van der Waals surface area (Å²) in [6.45, 7) is 4.74. The Labute approximate surface area is 259 Å². The largest absolute Gasteiger partial charge is 0.311 e. The lowest BCUT2D eigenvalue weighted by Gasteiger charge is -2.36. The van der Waals surface area contributed by atoms with Gasteiger partial charge in [-0.3, -0.25) is 0 Å². The standard InChI is InChI=1S/C43H33N/c1-43(2)39-28-24-33(30-13-6-3-7-14-30)29-38(39)42-37(27-23-32-15-12-20-40(43)41(32)42)31-21-25-36(26-22-31)44(34-16-8-4-9-17-34)35-18-10-5-11-19-35/h3-29H,1-2H3. The van der Waals surface area contributed by atoms with E-state index >= 15 is 0 Å². The maximum Gasteiger partial charge on any atom is 0.0462 e. The molecule has 0 aromatic heterocycles. The van der Waals surface area contributed by atoms with Gasteiger partial charge >= 0.3 is 0 Å². The van der Waals surface area contributed by atoms with Gasteiger partial charge in [-0.05, 0) is 97.7 Å². The van der Waals surface area contributed by atoms with Crippen LogP contribution in [-0.2, 0) is 5.41 Å². The molecule has 7 aromatic carbocycles. The fraction of sp³-hybridized carbons (Fsp3) is 0.0698. The molecule has 0 N–H and O–H groups in total. The highest BCUT2D eigenvalue weighted by molar-refractivity contribution is 6.09. The number of hydrogen-bond donors (Lipinski definition) is 0. The molecular formula is C43H33N. The number of anilines is 3. The van der Waals surface area contributed by atoms with Gasteiger partial charge in [-0.1, -0.05) is 135 Å². The smallest absolute Gasteiger partial charge is 0.0462 e. The predicted molar refractivity (Wildman–Crippen MR) is 187 cm³/mol. The van der Waals surface area contributed by atoms with Crippen molar-refractivity contribution in [1.29, 1.82) is 0 Å². The highest BCUT2D eigenvalue weighted by atomic mass is 15.1. The minimum absolute atomic E-state index is 0.106. The Morgan fingerprint density at radius 3 is 1.66 bits per heavy atom. The first-order valence-corrected chi connectivity index (χ1v) is 15.4. The van der Waals surface area contributed by atoms with Crippen LogP contribution in [0.4, 0.5) is 17.1 Å². The van der Waals surface area contributed by atoms with Gasteiger partial charge in [0.2, 0.25) is 0 Å². The van der Waals surface area contributed by atoms with E-state index in [2.05, 4.69) is 183 Å². The minimum atomic E-state index is -0.106. The number of fused-ring (bicyclic) bond motifs is 2. The van der Waals surface area contributed by atoms with E-state index < -0.39 is 0 Å². The van der Waals surface area contributed by atoms with E-state index in [9.17, 15) is 0 Å². The van der Waals surface area contributed by atoms with E-state index in [-0.39, 0.29) is 5.41 Å². The molecule has 0 aliphatic heterocycles. The third-order valence-electron chi connectivity index (χ3n) is 9.25. The van der Waals surface area contributed by atoms with Crippen LogP contribution < -0.4 is 4.90 Å². The average Bonchev–Trinajstić information content (AvgIpc) is 3.08. The van der Waals surface area contributed by atoms with Crippen molar-refractivity contribution in [1.82, 2.24) is 0 Å². The van der Waals surface area contributed by atoms with Crippen LogP contribution in [0.15, 0.2) is 164 Å². The van der Waals surface area contributed by atoms with Gasteiger partial charge in [0.15, 0.2) is 0 Å². The van der Waals surface area contributed by atoms with Crippen LogP contribution in [0, 0.1) is 0 Å². The van der Waals surface area contributed by atoms with Gasteiger partial charge in [0.25, 0.3) is 0 Å². The first kappa shape index (κ1) is 26.2. The summed E-state index contributed by atoms with van der Waals surface area (Å²) in [6, 6.07) is 59.5. The van der Waals surface area contributed by atoms with Crippen LogP contribution in [-0.4, -0.2) is 0 Å². The summed E-state index contributed by atoms with van der Waals surface area (Å²) in [5, 5.41) is 2.66. The lowest BCUT2D eigenvalue weighted by atomic mass is 9.67. The normalized spacial score (nSPS) is 13.0. The van der Waals surface area contributed by atoms with Crippen molar-refractivity contribution >= 4 is 27.8 Å². The van der Waals surface area contributed by atoms with Gasteiger partial charge in [0.1, 0.15) is 0 Å². The summed E-state index contributed by atoms with van der Waals surface area (Å²) in [6.07, 6.45) is 0. The maximum atomic E-state index is 2.42. The second-order valence-electron chi connectivity index (χ2n) is 12.2. The monoisotopic (exact) mass is 563 g/mol. The van der Waals surface area contributed by atoms with Crippen molar-refractivity contribution in [3.63, 3.8) is 0 Å². The zero-order valence-corrected chi connectivity index (χ0v) is 25.0. The molecule has 44 heavy (non-hydrogen) atoms. The van der Waals surface area contributed by atoms with E-state index in [1.165, 1.54) is 55.3 Å². The zero-order chi connectivity index (χ0) is 29.7. The molecule has 1 aliphatic carbocycles. The molecule has 1 aliphatic rings. The Morgan fingerprint density at radius 1 is 0.409 bits per heavy atom. The Hall–Kier alpha value is -5.40. The van der Waals surface area contributed by atoms with Crippen LogP contribution in [0.2, 0.25) is 0 Å². The summed E-state index contributed by atoms with van der Waals surface area (Å²) in [5.41, 5.74) is 13.7. The number of nitrogens with zero attached hydrogens (tertiary/aromatic N) is 1. The lowest BCUT2D eigenvalue weighted by molar-refractivity contribution is 0.645. The predicted octanol–water partition coefficient (Wildman–Crippen LogP) is 11.9. The highest BCUT2D eigenvalue weighted by Crippen LogP contribution is 2.52. The molecule has 0 amide bonds. The van der Waals surface area contributed by atoms with Crippen LogP contribution in [0.3, 0.4) is 0 Å². The fourth-order valence-corrected chi connectivity index (χ4v) is 7.06. The van der Waals surface area contributed by atoms with Gasteiger partial charge in [-0.15, -0.1) is 0 Å². The molecule has 1 nitrogen and oxygen atoms in total. The number of benzene rings is 7. The SMILES string of the molecule is CC1(C)c2ccc(-c3ccccc3)cc2-c2c(-c3ccc(N(c4ccccc4)c4ccccc4)cc3)ccc3cccc1c23. The Bertz CT molecular complexity index is 2070. The Balaban J connectivity index is 1.32. The fourth-order valence-electron chi connectivity index (χ4n) is 7.06. The highest BCUT2D eigenvalue weighted by Gasteiger charge is 2.34. The van der Waals surface area contributed by atoms with Crippen molar-refractivity contribution in [3.05, 3.63) is 175 Å². The molecule has 0 fully saturated rings. The summed E-state index contributed by atoms with van der Waals surface area (Å²) in [5.74, 6) is 0. The van der Waals surface area contributed by atoms with Crippen molar-refractivity contribution < 1.29 is 0 Å². The second kappa shape index (κ2) is 10.4. The summed E-state index contributed by atoms with van der Waals surface area (Å²) in [7, 11) is 0. The van der Waals surface area contributed by atoms with Crippen molar-refractivity contribution in [2.75, 3.05) is 4.90 Å². The topological polar surface area (TPSA) is 3.24 Å². The van der Waals surface area contributed by atoms with E-state index in [1.807, 2.05) is 0 Å². The molecule has 0 heterocycles. The molecule has 0 unspecified atom stereocenters. The first-order chi connectivity index (χ1) is 21.6. The molecule has 8 rings (SSSR count). The molecule has 0 saturated heterocycles. The third kappa shape index (κ3) is 4.24. The molecule has 0 saturated carbocycles. The molecule has 210 valence electrons. The summed E-state index contributed by atoms with van der Waals surface area (Å²) >= 11 is 0. The third-order valence-corrected chi connectivity index (χ3v) is 9.25. The molecule has 0 atom stereocenters. The average molecular weight is 564 g/mol. The van der Waals surface area contributed by atoms with Crippen LogP contribution in [0.25, 0.3) is 44.2 Å². The van der Waals surface area contributed by atoms with E-state index in [0.29, 0.717) is 0 Å². The quantitative estimate of drug-likeness (QED) is 0.201. The molecule has 0 radical (unpaired) electrons. The first-order valence-electron chi connectivity index (χ1n) is 15.4. The molecular weight excluding hydrogens is 530 g/mol. The summed E-state index contributed by atoms with van der Waals surface area (Å²) in [4.78, 5) is 2.32. The lowest BCUT2D eigenvalue weighted by Crippen LogP contribution is -2.24. The van der Waals surface area contributed by atoms with Crippen molar-refractivity contribution in [3.8, 4) is 33.4 Å². The zero-order valence-electron chi connectivity index (χ0n) is 25.0. The van der Waals surface area contributed by atoms with Gasteiger partial charge in [0.05, 0.1) is 0 Å². The van der Waals surface area contributed by atoms with Crippen molar-refractivity contribution in [2.45, 2.75) is 19.3 Å². The van der Waals surface area contributed by atoms with Crippen molar-refractivity contribution in [2.24, 2.45) is 0 Å². The van der Waals surface area contributed by atoms with Gasteiger partial charge in [-0.2, -0.15) is 0 Å². The van der Waals surface area contributed by atoms with Gasteiger partial charge < -0.3 is 4.90 Å². The molecule has 0 bridgehead atoms. The summed E-state index contributed by atoms with van der Waals surface area (Å²) < 4.78 is 0. The number of rotatable bonds is 5. The number of para-hydroxylation sites is 2. The molecule has 0 spiro atoms. The van der Waals surface area contributed by atoms with E-state index in [4.69, 9.17) is 0 Å². The number of hydrogen-bond acceptors (Lipinski definition) is 1. The second-order valence-corrected chi connectivity index (χ2v) is 12.2. The van der Waals surface area contributed by atoms with Gasteiger partial charge in [-0.25, -0.2) is 0 Å². The van der Waals surface area contributed by atoms with E-state index in [0.717, 1.165) is 17.1 Å². The Kier molecular flexibility index (Phi) is 6.20. The minimum Gasteiger partial charge on any atom is -0.311 e. The van der Waals surface area contributed by atoms with Crippen LogP contribution in [0.5, 0.6) is 0 Å². The molecule has 7 aromatic rings. The molecule has 1 heteroatoms. The van der Waals surface area contributed by atoms with Gasteiger partial charge in [0, 0.05) is 22.5 Å². The van der Waals surface area contributed by atoms with Crippen LogP contribution in [0.1, 0.15) is 25.0 Å².